The van der Waals surface area contributed by atoms with Gasteiger partial charge < -0.3 is 10.1 Å². The fourth-order valence-corrected chi connectivity index (χ4v) is 3.43. The molecule has 0 atom stereocenters. The van der Waals surface area contributed by atoms with Crippen LogP contribution in [0.15, 0.2) is 41.3 Å². The Balaban J connectivity index is 2.36. The van der Waals surface area contributed by atoms with Gasteiger partial charge in [-0.2, -0.15) is 0 Å². The number of hydrogen-bond acceptors (Lipinski definition) is 5. The molecular formula is C16H13Cl2NO5S. The zero-order valence-electron chi connectivity index (χ0n) is 13.2. The molecule has 0 fully saturated rings. The van der Waals surface area contributed by atoms with Gasteiger partial charge in [-0.25, -0.2) is 8.42 Å². The highest BCUT2D eigenvalue weighted by atomic mass is 35.5. The van der Waals surface area contributed by atoms with E-state index in [2.05, 4.69) is 5.32 Å². The Bertz CT molecular complexity index is 934. The fraction of sp³-hybridized carbons (Fsp3) is 0.125. The number of amides is 1. The van der Waals surface area contributed by atoms with Crippen LogP contribution in [0.5, 0.6) is 5.75 Å². The lowest BCUT2D eigenvalue weighted by Gasteiger charge is -2.12. The Kier molecular flexibility index (Phi) is 5.72. The number of hydrogen-bond donors (Lipinski definition) is 1. The number of para-hydroxylation sites is 1. The number of carbonyl (C=O) groups excluding carboxylic acids is 2. The van der Waals surface area contributed by atoms with Crippen LogP contribution in [0.1, 0.15) is 17.3 Å². The average molecular weight is 402 g/mol. The molecule has 0 aliphatic rings. The van der Waals surface area contributed by atoms with E-state index in [1.807, 2.05) is 0 Å². The summed E-state index contributed by atoms with van der Waals surface area (Å²) in [6.07, 6.45) is 1.04. The van der Waals surface area contributed by atoms with Crippen molar-refractivity contribution in [3.8, 4) is 5.75 Å². The van der Waals surface area contributed by atoms with Crippen molar-refractivity contribution in [2.75, 3.05) is 11.6 Å². The molecule has 0 unspecified atom stereocenters. The highest BCUT2D eigenvalue weighted by molar-refractivity contribution is 7.90. The standard InChI is InChI=1S/C16H13Cl2NO5S/c1-9(20)24-15-11(17)7-10(8-12(15)18)16(21)19-13-5-3-4-6-14(13)25(2,22)23/h3-8H,1-2H3,(H,19,21). The van der Waals surface area contributed by atoms with Gasteiger partial charge in [-0.1, -0.05) is 35.3 Å². The third-order valence-corrected chi connectivity index (χ3v) is 4.76. The lowest BCUT2D eigenvalue weighted by atomic mass is 10.2. The predicted molar refractivity (Wildman–Crippen MR) is 95.3 cm³/mol. The fourth-order valence-electron chi connectivity index (χ4n) is 2.02. The van der Waals surface area contributed by atoms with Crippen molar-refractivity contribution in [3.63, 3.8) is 0 Å². The first kappa shape index (κ1) is 19.2. The normalized spacial score (nSPS) is 11.0. The molecule has 2 aromatic carbocycles. The van der Waals surface area contributed by atoms with Crippen LogP contribution in [0.25, 0.3) is 0 Å². The highest BCUT2D eigenvalue weighted by Crippen LogP contribution is 2.34. The van der Waals surface area contributed by atoms with E-state index >= 15 is 0 Å². The minimum absolute atomic E-state index is 0.0166. The minimum Gasteiger partial charge on any atom is -0.424 e. The second-order valence-corrected chi connectivity index (χ2v) is 7.88. The van der Waals surface area contributed by atoms with Crippen LogP contribution in [-0.4, -0.2) is 26.6 Å². The third-order valence-electron chi connectivity index (χ3n) is 3.04. The molecule has 0 spiro atoms. The SMILES string of the molecule is CC(=O)Oc1c(Cl)cc(C(=O)Nc2ccccc2S(C)(=O)=O)cc1Cl. The largest absolute Gasteiger partial charge is 0.424 e. The molecule has 9 heteroatoms. The van der Waals surface area contributed by atoms with Crippen molar-refractivity contribution in [3.05, 3.63) is 52.0 Å². The van der Waals surface area contributed by atoms with Crippen molar-refractivity contribution < 1.29 is 22.7 Å². The lowest BCUT2D eigenvalue weighted by molar-refractivity contribution is -0.131. The topological polar surface area (TPSA) is 89.5 Å². The molecular weight excluding hydrogens is 389 g/mol. The Labute approximate surface area is 154 Å². The maximum atomic E-state index is 12.4. The monoisotopic (exact) mass is 401 g/mol. The molecule has 0 bridgehead atoms. The predicted octanol–water partition coefficient (Wildman–Crippen LogP) is 3.57. The number of rotatable bonds is 4. The number of nitrogens with one attached hydrogen (secondary N) is 1. The number of carbonyl (C=O) groups is 2. The van der Waals surface area contributed by atoms with Gasteiger partial charge in [0.1, 0.15) is 0 Å². The zero-order chi connectivity index (χ0) is 18.8. The summed E-state index contributed by atoms with van der Waals surface area (Å²) in [7, 11) is -3.52. The molecule has 2 aromatic rings. The maximum absolute atomic E-state index is 12.4. The van der Waals surface area contributed by atoms with E-state index in [-0.39, 0.29) is 31.9 Å². The van der Waals surface area contributed by atoms with Crippen LogP contribution >= 0.6 is 23.2 Å². The first-order valence-corrected chi connectivity index (χ1v) is 9.52. The summed E-state index contributed by atoms with van der Waals surface area (Å²) in [6.45, 7) is 1.19. The van der Waals surface area contributed by atoms with Gasteiger partial charge in [0, 0.05) is 18.7 Å². The molecule has 2 rings (SSSR count). The van der Waals surface area contributed by atoms with Gasteiger partial charge in [-0.3, -0.25) is 9.59 Å². The Morgan fingerprint density at radius 1 is 1.08 bits per heavy atom. The third kappa shape index (κ3) is 4.72. The molecule has 0 aliphatic carbocycles. The van der Waals surface area contributed by atoms with Crippen LogP contribution in [-0.2, 0) is 14.6 Å². The Morgan fingerprint density at radius 3 is 2.16 bits per heavy atom. The van der Waals surface area contributed by atoms with Crippen LogP contribution in [0, 0.1) is 0 Å². The Hall–Kier alpha value is -2.09. The van der Waals surface area contributed by atoms with E-state index in [1.165, 1.54) is 31.2 Å². The summed E-state index contributed by atoms with van der Waals surface area (Å²) in [5.41, 5.74) is 0.209. The number of ether oxygens (including phenoxy) is 1. The second-order valence-electron chi connectivity index (χ2n) is 5.09. The summed E-state index contributed by atoms with van der Waals surface area (Å²) >= 11 is 12.0. The van der Waals surface area contributed by atoms with Gasteiger partial charge in [0.25, 0.3) is 5.91 Å². The summed E-state index contributed by atoms with van der Waals surface area (Å²) in [5.74, 6) is -1.28. The van der Waals surface area contributed by atoms with Crippen molar-refractivity contribution >= 4 is 50.6 Å². The summed E-state index contributed by atoms with van der Waals surface area (Å²) in [4.78, 5) is 23.4. The number of benzene rings is 2. The molecule has 132 valence electrons. The quantitative estimate of drug-likeness (QED) is 0.624. The number of esters is 1. The van der Waals surface area contributed by atoms with Crippen LogP contribution in [0.3, 0.4) is 0 Å². The van der Waals surface area contributed by atoms with E-state index in [1.54, 1.807) is 12.1 Å². The molecule has 0 saturated carbocycles. The summed E-state index contributed by atoms with van der Waals surface area (Å²) < 4.78 is 28.4. The van der Waals surface area contributed by atoms with E-state index in [4.69, 9.17) is 27.9 Å². The summed E-state index contributed by atoms with van der Waals surface area (Å²) in [5, 5.41) is 2.46. The molecule has 0 radical (unpaired) electrons. The molecule has 0 aliphatic heterocycles. The number of sulfone groups is 1. The minimum atomic E-state index is -3.52. The number of anilines is 1. The summed E-state index contributed by atoms with van der Waals surface area (Å²) in [6, 6.07) is 8.52. The molecule has 6 nitrogen and oxygen atoms in total. The van der Waals surface area contributed by atoms with E-state index in [0.29, 0.717) is 0 Å². The molecule has 1 amide bonds. The van der Waals surface area contributed by atoms with Gasteiger partial charge in [0.05, 0.1) is 20.6 Å². The number of halogens is 2. The first-order valence-electron chi connectivity index (χ1n) is 6.87. The first-order chi connectivity index (χ1) is 11.6. The van der Waals surface area contributed by atoms with E-state index in [0.717, 1.165) is 6.26 Å². The van der Waals surface area contributed by atoms with Gasteiger partial charge in [0.2, 0.25) is 0 Å². The van der Waals surface area contributed by atoms with E-state index in [9.17, 15) is 18.0 Å². The highest BCUT2D eigenvalue weighted by Gasteiger charge is 2.18. The smallest absolute Gasteiger partial charge is 0.308 e. The molecule has 1 N–H and O–H groups in total. The molecule has 25 heavy (non-hydrogen) atoms. The van der Waals surface area contributed by atoms with Crippen LogP contribution < -0.4 is 10.1 Å². The van der Waals surface area contributed by atoms with Crippen molar-refractivity contribution in [1.82, 2.24) is 0 Å². The van der Waals surface area contributed by atoms with Crippen molar-refractivity contribution in [2.45, 2.75) is 11.8 Å². The molecule has 0 saturated heterocycles. The van der Waals surface area contributed by atoms with Crippen LogP contribution in [0.4, 0.5) is 5.69 Å². The maximum Gasteiger partial charge on any atom is 0.308 e. The zero-order valence-corrected chi connectivity index (χ0v) is 15.5. The van der Waals surface area contributed by atoms with Gasteiger partial charge in [0.15, 0.2) is 15.6 Å². The van der Waals surface area contributed by atoms with Gasteiger partial charge in [-0.05, 0) is 24.3 Å². The van der Waals surface area contributed by atoms with Crippen molar-refractivity contribution in [1.29, 1.82) is 0 Å². The van der Waals surface area contributed by atoms with Gasteiger partial charge >= 0.3 is 5.97 Å². The molecule has 0 aromatic heterocycles. The lowest BCUT2D eigenvalue weighted by Crippen LogP contribution is -2.15. The second kappa shape index (κ2) is 7.43. The van der Waals surface area contributed by atoms with Crippen molar-refractivity contribution in [2.24, 2.45) is 0 Å². The van der Waals surface area contributed by atoms with Gasteiger partial charge in [-0.15, -0.1) is 0 Å². The Morgan fingerprint density at radius 2 is 1.64 bits per heavy atom. The van der Waals surface area contributed by atoms with E-state index < -0.39 is 21.7 Å². The van der Waals surface area contributed by atoms with Crippen LogP contribution in [0.2, 0.25) is 10.0 Å². The average Bonchev–Trinajstić information content (AvgIpc) is 2.50. The molecule has 0 heterocycles.